The number of sulfonamides is 1. The first-order valence-corrected chi connectivity index (χ1v) is 8.24. The lowest BCUT2D eigenvalue weighted by atomic mass is 10.3. The average Bonchev–Trinajstić information content (AvgIpc) is 2.43. The Morgan fingerprint density at radius 2 is 2.26 bits per heavy atom. The first-order valence-electron chi connectivity index (χ1n) is 5.47. The van der Waals surface area contributed by atoms with Gasteiger partial charge in [-0.15, -0.1) is 0 Å². The van der Waals surface area contributed by atoms with Gasteiger partial charge in [0.2, 0.25) is 10.0 Å². The molecule has 8 heteroatoms. The van der Waals surface area contributed by atoms with E-state index < -0.39 is 16.0 Å². The van der Waals surface area contributed by atoms with Crippen LogP contribution in [0, 0.1) is 0 Å². The Morgan fingerprint density at radius 3 is 2.84 bits per heavy atom. The van der Waals surface area contributed by atoms with Gasteiger partial charge in [-0.25, -0.2) is 17.9 Å². The first kappa shape index (κ1) is 15.9. The number of thioether (sulfide) groups is 1. The molecule has 0 radical (unpaired) electrons. The van der Waals surface area contributed by atoms with Crippen LogP contribution in [0.15, 0.2) is 23.4 Å². The minimum Gasteiger partial charge on any atom is -0.465 e. The molecule has 0 bridgehead atoms. The molecule has 0 aliphatic heterocycles. The van der Waals surface area contributed by atoms with Crippen LogP contribution in [0.5, 0.6) is 0 Å². The van der Waals surface area contributed by atoms with E-state index in [1.54, 1.807) is 11.8 Å². The lowest BCUT2D eigenvalue weighted by molar-refractivity contribution is 0.0596. The van der Waals surface area contributed by atoms with Crippen molar-refractivity contribution in [3.05, 3.63) is 24.0 Å². The summed E-state index contributed by atoms with van der Waals surface area (Å²) in [4.78, 5) is 15.1. The zero-order chi connectivity index (χ0) is 14.5. The molecule has 1 N–H and O–H groups in total. The molecule has 0 saturated heterocycles. The minimum absolute atomic E-state index is 0.0261. The van der Waals surface area contributed by atoms with Gasteiger partial charge in [0.15, 0.2) is 0 Å². The highest BCUT2D eigenvalue weighted by Crippen LogP contribution is 2.15. The van der Waals surface area contributed by atoms with Gasteiger partial charge in [-0.1, -0.05) is 6.92 Å². The number of esters is 1. The number of carbonyl (C=O) groups excluding carboxylic acids is 1. The van der Waals surface area contributed by atoms with Crippen molar-refractivity contribution in [3.63, 3.8) is 0 Å². The third-order valence-electron chi connectivity index (χ3n) is 2.44. The zero-order valence-corrected chi connectivity index (χ0v) is 12.5. The number of ether oxygens (including phenoxy) is 1. The summed E-state index contributed by atoms with van der Waals surface area (Å²) < 4.78 is 31.3. The number of nitrogens with one attached hydrogen (secondary N) is 1. The van der Waals surface area contributed by atoms with Gasteiger partial charge in [0, 0.05) is 24.2 Å². The third kappa shape index (κ3) is 4.19. The minimum atomic E-state index is -3.78. The van der Waals surface area contributed by atoms with E-state index in [0.29, 0.717) is 0 Å². The molecule has 0 fully saturated rings. The van der Waals surface area contributed by atoms with Crippen molar-refractivity contribution in [2.45, 2.75) is 17.1 Å². The zero-order valence-electron chi connectivity index (χ0n) is 10.9. The molecule has 1 rings (SSSR count). The highest BCUT2D eigenvalue weighted by atomic mass is 32.2. The molecule has 1 aromatic heterocycles. The van der Waals surface area contributed by atoms with E-state index in [0.717, 1.165) is 6.20 Å². The molecule has 19 heavy (non-hydrogen) atoms. The number of nitrogens with zero attached hydrogens (tertiary/aromatic N) is 1. The number of carbonyl (C=O) groups is 1. The molecule has 1 unspecified atom stereocenters. The topological polar surface area (TPSA) is 85.4 Å². The highest BCUT2D eigenvalue weighted by Gasteiger charge is 2.23. The molecular weight excluding hydrogens is 288 g/mol. The molecule has 0 aliphatic carbocycles. The van der Waals surface area contributed by atoms with Crippen LogP contribution in [-0.4, -0.2) is 44.5 Å². The monoisotopic (exact) mass is 304 g/mol. The lowest BCUT2D eigenvalue weighted by Gasteiger charge is -2.12. The SMILES string of the molecule is COC(=O)c1ccncc1S(=O)(=O)NCC(C)SC. The molecule has 1 atom stereocenters. The molecule has 6 nitrogen and oxygen atoms in total. The maximum absolute atomic E-state index is 12.1. The van der Waals surface area contributed by atoms with E-state index in [1.807, 2.05) is 13.2 Å². The quantitative estimate of drug-likeness (QED) is 0.786. The van der Waals surface area contributed by atoms with Crippen LogP contribution < -0.4 is 4.72 Å². The summed E-state index contributed by atoms with van der Waals surface area (Å²) in [5.41, 5.74) is -0.0261. The Balaban J connectivity index is 3.04. The molecule has 1 aromatic rings. The van der Waals surface area contributed by atoms with Crippen molar-refractivity contribution in [1.29, 1.82) is 0 Å². The van der Waals surface area contributed by atoms with Gasteiger partial charge in [0.25, 0.3) is 0 Å². The number of aromatic nitrogens is 1. The number of hydrogen-bond donors (Lipinski definition) is 1. The van der Waals surface area contributed by atoms with Crippen molar-refractivity contribution in [2.75, 3.05) is 19.9 Å². The maximum Gasteiger partial charge on any atom is 0.339 e. The predicted octanol–water partition coefficient (Wildman–Crippen LogP) is 0.898. The van der Waals surface area contributed by atoms with Crippen LogP contribution in [0.3, 0.4) is 0 Å². The van der Waals surface area contributed by atoms with Crippen LogP contribution >= 0.6 is 11.8 Å². The number of rotatable bonds is 6. The molecule has 106 valence electrons. The molecular formula is C11H16N2O4S2. The first-order chi connectivity index (χ1) is 8.92. The van der Waals surface area contributed by atoms with E-state index in [2.05, 4.69) is 14.4 Å². The Labute approximate surface area is 117 Å². The standard InChI is InChI=1S/C11H16N2O4S2/c1-8(18-3)6-13-19(15,16)10-7-12-5-4-9(10)11(14)17-2/h4-5,7-8,13H,6H2,1-3H3. The van der Waals surface area contributed by atoms with Crippen LogP contribution in [0.4, 0.5) is 0 Å². The maximum atomic E-state index is 12.1. The average molecular weight is 304 g/mol. The predicted molar refractivity (Wildman–Crippen MR) is 73.7 cm³/mol. The van der Waals surface area contributed by atoms with E-state index in [9.17, 15) is 13.2 Å². The molecule has 0 spiro atoms. The fourth-order valence-corrected chi connectivity index (χ4v) is 2.88. The van der Waals surface area contributed by atoms with Crippen LogP contribution in [0.2, 0.25) is 0 Å². The Hall–Kier alpha value is -1.12. The normalized spacial score (nSPS) is 13.0. The summed E-state index contributed by atoms with van der Waals surface area (Å²) in [5.74, 6) is -0.708. The van der Waals surface area contributed by atoms with E-state index in [-0.39, 0.29) is 22.3 Å². The van der Waals surface area contributed by atoms with Crippen molar-refractivity contribution < 1.29 is 17.9 Å². The summed E-state index contributed by atoms with van der Waals surface area (Å²) in [6, 6.07) is 1.32. The molecule has 0 aliphatic rings. The Morgan fingerprint density at radius 1 is 1.58 bits per heavy atom. The Kier molecular flexibility index (Phi) is 5.77. The van der Waals surface area contributed by atoms with Gasteiger partial charge in [0.05, 0.1) is 12.7 Å². The third-order valence-corrected chi connectivity index (χ3v) is 4.86. The van der Waals surface area contributed by atoms with Crippen molar-refractivity contribution >= 4 is 27.8 Å². The van der Waals surface area contributed by atoms with E-state index >= 15 is 0 Å². The Bertz CT molecular complexity index is 545. The second kappa shape index (κ2) is 6.88. The fourth-order valence-electron chi connectivity index (χ4n) is 1.26. The summed E-state index contributed by atoms with van der Waals surface area (Å²) in [5, 5.41) is 0.132. The summed E-state index contributed by atoms with van der Waals surface area (Å²) in [6.45, 7) is 2.18. The molecule has 0 saturated carbocycles. The summed E-state index contributed by atoms with van der Waals surface area (Å²) in [7, 11) is -2.58. The number of pyridine rings is 1. The van der Waals surface area contributed by atoms with E-state index in [1.165, 1.54) is 19.4 Å². The van der Waals surface area contributed by atoms with E-state index in [4.69, 9.17) is 0 Å². The molecule has 0 aromatic carbocycles. The number of hydrogen-bond acceptors (Lipinski definition) is 6. The largest absolute Gasteiger partial charge is 0.465 e. The molecule has 1 heterocycles. The van der Waals surface area contributed by atoms with Crippen LogP contribution in [0.25, 0.3) is 0 Å². The second-order valence-electron chi connectivity index (χ2n) is 3.76. The lowest BCUT2D eigenvalue weighted by Crippen LogP contribution is -2.30. The van der Waals surface area contributed by atoms with Crippen molar-refractivity contribution in [2.24, 2.45) is 0 Å². The summed E-state index contributed by atoms with van der Waals surface area (Å²) >= 11 is 1.54. The fraction of sp³-hybridized carbons (Fsp3) is 0.455. The van der Waals surface area contributed by atoms with Gasteiger partial charge >= 0.3 is 5.97 Å². The van der Waals surface area contributed by atoms with Crippen molar-refractivity contribution in [1.82, 2.24) is 9.71 Å². The smallest absolute Gasteiger partial charge is 0.339 e. The van der Waals surface area contributed by atoms with Gasteiger partial charge in [-0.05, 0) is 12.3 Å². The van der Waals surface area contributed by atoms with Gasteiger partial charge in [-0.3, -0.25) is 4.98 Å². The number of methoxy groups -OCH3 is 1. The summed E-state index contributed by atoms with van der Waals surface area (Å²) in [6.07, 6.45) is 4.37. The van der Waals surface area contributed by atoms with Gasteiger partial charge in [-0.2, -0.15) is 11.8 Å². The molecule has 0 amide bonds. The van der Waals surface area contributed by atoms with Gasteiger partial charge < -0.3 is 4.74 Å². The second-order valence-corrected chi connectivity index (χ2v) is 6.77. The van der Waals surface area contributed by atoms with Crippen LogP contribution in [-0.2, 0) is 14.8 Å². The highest BCUT2D eigenvalue weighted by molar-refractivity contribution is 7.99. The van der Waals surface area contributed by atoms with Crippen molar-refractivity contribution in [3.8, 4) is 0 Å². The van der Waals surface area contributed by atoms with Crippen LogP contribution in [0.1, 0.15) is 17.3 Å². The van der Waals surface area contributed by atoms with Gasteiger partial charge in [0.1, 0.15) is 4.90 Å².